The van der Waals surface area contributed by atoms with Crippen LogP contribution < -0.4 is 0 Å². The van der Waals surface area contributed by atoms with Crippen LogP contribution in [0.2, 0.25) is 12.6 Å². The van der Waals surface area contributed by atoms with Crippen LogP contribution in [0.1, 0.15) is 5.82 Å². The summed E-state index contributed by atoms with van der Waals surface area (Å²) in [5.74, 6) is 0.406. The summed E-state index contributed by atoms with van der Waals surface area (Å²) in [7, 11) is 0.506. The third kappa shape index (κ3) is 3.01. The highest BCUT2D eigenvalue weighted by atomic mass is 28.2. The molecular formula is C8H12N3OSi+. The van der Waals surface area contributed by atoms with Crippen molar-refractivity contribution >= 4 is 9.52 Å². The van der Waals surface area contributed by atoms with Crippen molar-refractivity contribution in [1.82, 2.24) is 9.55 Å². The van der Waals surface area contributed by atoms with Gasteiger partial charge in [0.2, 0.25) is 5.82 Å². The minimum absolute atomic E-state index is 0.406. The number of aromatic nitrogens is 2. The van der Waals surface area contributed by atoms with E-state index in [2.05, 4.69) is 11.5 Å². The Morgan fingerprint density at radius 2 is 2.62 bits per heavy atom. The first-order valence-electron chi connectivity index (χ1n) is 4.15. The van der Waals surface area contributed by atoms with Crippen LogP contribution in [-0.4, -0.2) is 25.7 Å². The molecule has 0 aromatic carbocycles. The van der Waals surface area contributed by atoms with E-state index in [0.29, 0.717) is 22.1 Å². The van der Waals surface area contributed by atoms with Crippen molar-refractivity contribution in [3.8, 4) is 6.07 Å². The van der Waals surface area contributed by atoms with Gasteiger partial charge >= 0.3 is 0 Å². The number of imidazole rings is 1. The minimum atomic E-state index is 0.406. The molecule has 0 saturated carbocycles. The minimum Gasteiger partial charge on any atom is -0.358 e. The van der Waals surface area contributed by atoms with E-state index in [4.69, 9.17) is 10.00 Å². The Hall–Kier alpha value is -1.12. The molecule has 4 nitrogen and oxygen atoms in total. The number of hydrogen-bond donors (Lipinski definition) is 0. The first-order chi connectivity index (χ1) is 6.38. The summed E-state index contributed by atoms with van der Waals surface area (Å²) >= 11 is 0. The van der Waals surface area contributed by atoms with Gasteiger partial charge in [-0.2, -0.15) is 5.26 Å². The SMILES string of the molecule is C[SiH+]CCOCn1ccnc1C#N. The van der Waals surface area contributed by atoms with Gasteiger partial charge in [-0.3, -0.25) is 4.57 Å². The molecule has 0 aliphatic heterocycles. The molecular weight excluding hydrogens is 182 g/mol. The predicted molar refractivity (Wildman–Crippen MR) is 50.7 cm³/mol. The van der Waals surface area contributed by atoms with Crippen LogP contribution >= 0.6 is 0 Å². The van der Waals surface area contributed by atoms with Crippen molar-refractivity contribution in [2.75, 3.05) is 6.61 Å². The largest absolute Gasteiger partial charge is 0.358 e. The number of rotatable bonds is 5. The van der Waals surface area contributed by atoms with Crippen LogP contribution in [0, 0.1) is 11.3 Å². The van der Waals surface area contributed by atoms with E-state index in [1.54, 1.807) is 17.0 Å². The predicted octanol–water partition coefficient (Wildman–Crippen LogP) is 0.632. The van der Waals surface area contributed by atoms with E-state index in [1.807, 2.05) is 6.07 Å². The highest BCUT2D eigenvalue weighted by Gasteiger charge is 2.00. The third-order valence-electron chi connectivity index (χ3n) is 1.60. The smallest absolute Gasteiger partial charge is 0.298 e. The number of nitriles is 1. The van der Waals surface area contributed by atoms with Gasteiger partial charge in [0.25, 0.3) is 9.52 Å². The van der Waals surface area contributed by atoms with Crippen molar-refractivity contribution in [1.29, 1.82) is 5.26 Å². The zero-order valence-corrected chi connectivity index (χ0v) is 8.76. The van der Waals surface area contributed by atoms with Crippen molar-refractivity contribution in [2.45, 2.75) is 19.3 Å². The molecule has 1 heterocycles. The highest BCUT2D eigenvalue weighted by Crippen LogP contribution is 1.96. The second-order valence-corrected chi connectivity index (χ2v) is 3.96. The quantitative estimate of drug-likeness (QED) is 0.510. The van der Waals surface area contributed by atoms with Crippen LogP contribution in [0.5, 0.6) is 0 Å². The fourth-order valence-corrected chi connectivity index (χ4v) is 1.29. The number of hydrogen-bond acceptors (Lipinski definition) is 3. The Morgan fingerprint density at radius 3 is 3.31 bits per heavy atom. The normalized spacial score (nSPS) is 9.54. The Labute approximate surface area is 80.0 Å². The molecule has 0 amide bonds. The van der Waals surface area contributed by atoms with E-state index in [1.165, 1.54) is 0 Å². The number of ether oxygens (including phenoxy) is 1. The van der Waals surface area contributed by atoms with Gasteiger partial charge in [-0.25, -0.2) is 4.98 Å². The summed E-state index contributed by atoms with van der Waals surface area (Å²) in [5.41, 5.74) is 0. The molecule has 1 rings (SSSR count). The molecule has 0 saturated heterocycles. The topological polar surface area (TPSA) is 50.8 Å². The fraction of sp³-hybridized carbons (Fsp3) is 0.500. The zero-order chi connectivity index (χ0) is 9.52. The first-order valence-corrected chi connectivity index (χ1v) is 6.12. The molecule has 0 N–H and O–H groups in total. The van der Waals surface area contributed by atoms with E-state index in [-0.39, 0.29) is 0 Å². The summed E-state index contributed by atoms with van der Waals surface area (Å²) in [6.07, 6.45) is 3.35. The average molecular weight is 194 g/mol. The Morgan fingerprint density at radius 1 is 1.77 bits per heavy atom. The monoisotopic (exact) mass is 194 g/mol. The van der Waals surface area contributed by atoms with Gasteiger partial charge in [-0.15, -0.1) is 0 Å². The molecule has 0 fully saturated rings. The Balaban J connectivity index is 2.33. The molecule has 1 aromatic heterocycles. The lowest BCUT2D eigenvalue weighted by Gasteiger charge is -2.02. The standard InChI is InChI=1S/C8H12N3OSi/c1-13-5-4-12-7-11-3-2-10-8(11)6-9/h2-3,13H,4-5,7H2,1H3/q+1. The Kier molecular flexibility index (Phi) is 4.22. The van der Waals surface area contributed by atoms with Gasteiger partial charge in [-0.1, -0.05) is 0 Å². The Bertz CT molecular complexity index is 292. The molecule has 0 bridgehead atoms. The summed E-state index contributed by atoms with van der Waals surface area (Å²) in [6, 6.07) is 3.13. The van der Waals surface area contributed by atoms with Gasteiger partial charge in [0.05, 0.1) is 19.2 Å². The average Bonchev–Trinajstić information content (AvgIpc) is 2.60. The van der Waals surface area contributed by atoms with Crippen LogP contribution in [0.25, 0.3) is 0 Å². The van der Waals surface area contributed by atoms with Crippen molar-refractivity contribution in [3.63, 3.8) is 0 Å². The molecule has 5 heteroatoms. The van der Waals surface area contributed by atoms with E-state index in [0.717, 1.165) is 12.7 Å². The van der Waals surface area contributed by atoms with Crippen LogP contribution in [0.3, 0.4) is 0 Å². The van der Waals surface area contributed by atoms with Gasteiger partial charge in [0.1, 0.15) is 12.8 Å². The molecule has 13 heavy (non-hydrogen) atoms. The lowest BCUT2D eigenvalue weighted by atomic mass is 10.7. The molecule has 0 unspecified atom stereocenters. The summed E-state index contributed by atoms with van der Waals surface area (Å²) < 4.78 is 7.05. The fourth-order valence-electron chi connectivity index (χ4n) is 0.891. The highest BCUT2D eigenvalue weighted by molar-refractivity contribution is 6.33. The zero-order valence-electron chi connectivity index (χ0n) is 7.60. The second-order valence-electron chi connectivity index (χ2n) is 2.57. The molecule has 0 atom stereocenters. The molecule has 0 aliphatic rings. The van der Waals surface area contributed by atoms with Crippen molar-refractivity contribution in [2.24, 2.45) is 0 Å². The van der Waals surface area contributed by atoms with Crippen LogP contribution in [0.15, 0.2) is 12.4 Å². The van der Waals surface area contributed by atoms with Gasteiger partial charge in [0.15, 0.2) is 0 Å². The summed E-state index contributed by atoms with van der Waals surface area (Å²) in [4.78, 5) is 3.86. The lowest BCUT2D eigenvalue weighted by molar-refractivity contribution is 0.0872. The summed E-state index contributed by atoms with van der Waals surface area (Å²) in [5, 5.41) is 8.63. The third-order valence-corrected chi connectivity index (χ3v) is 2.41. The van der Waals surface area contributed by atoms with E-state index >= 15 is 0 Å². The maximum absolute atomic E-state index is 8.63. The van der Waals surface area contributed by atoms with Crippen LogP contribution in [-0.2, 0) is 11.5 Å². The second kappa shape index (κ2) is 5.51. The molecule has 1 aromatic rings. The maximum atomic E-state index is 8.63. The lowest BCUT2D eigenvalue weighted by Crippen LogP contribution is -2.05. The number of nitrogens with zero attached hydrogens (tertiary/aromatic N) is 3. The van der Waals surface area contributed by atoms with E-state index < -0.39 is 0 Å². The van der Waals surface area contributed by atoms with Gasteiger partial charge < -0.3 is 4.74 Å². The van der Waals surface area contributed by atoms with Crippen molar-refractivity contribution < 1.29 is 4.74 Å². The van der Waals surface area contributed by atoms with Gasteiger partial charge in [-0.05, 0) is 0 Å². The van der Waals surface area contributed by atoms with Crippen LogP contribution in [0.4, 0.5) is 0 Å². The molecule has 68 valence electrons. The summed E-state index contributed by atoms with van der Waals surface area (Å²) in [6.45, 7) is 3.40. The maximum Gasteiger partial charge on any atom is 0.298 e. The molecule has 0 radical (unpaired) electrons. The van der Waals surface area contributed by atoms with E-state index in [9.17, 15) is 0 Å². The first kappa shape index (κ1) is 9.96. The van der Waals surface area contributed by atoms with Crippen molar-refractivity contribution in [3.05, 3.63) is 18.2 Å². The molecule has 0 aliphatic carbocycles. The molecule has 0 spiro atoms. The van der Waals surface area contributed by atoms with Gasteiger partial charge in [0, 0.05) is 12.4 Å².